The summed E-state index contributed by atoms with van der Waals surface area (Å²) >= 11 is 0. The first-order valence-corrected chi connectivity index (χ1v) is 10.3. The normalized spacial score (nSPS) is 11.6. The second-order valence-electron chi connectivity index (χ2n) is 6.81. The number of benzene rings is 2. The third-order valence-corrected chi connectivity index (χ3v) is 6.47. The molecule has 0 saturated heterocycles. The van der Waals surface area contributed by atoms with Crippen molar-refractivity contribution in [3.8, 4) is 11.5 Å². The molecule has 8 heteroatoms. The zero-order valence-electron chi connectivity index (χ0n) is 16.1. The lowest BCUT2D eigenvalue weighted by molar-refractivity contribution is 0.102. The summed E-state index contributed by atoms with van der Waals surface area (Å²) in [7, 11) is -3.42. The molecular weight excluding hydrogens is 378 g/mol. The largest absolute Gasteiger partial charge is 0.403 e. The molecule has 2 aromatic carbocycles. The summed E-state index contributed by atoms with van der Waals surface area (Å²) in [5.41, 5.74) is 2.77. The number of carbonyl (C=O) groups is 1. The third-order valence-electron chi connectivity index (χ3n) is 4.31. The van der Waals surface area contributed by atoms with E-state index in [-0.39, 0.29) is 22.7 Å². The minimum Gasteiger partial charge on any atom is -0.403 e. The van der Waals surface area contributed by atoms with Crippen molar-refractivity contribution in [1.29, 1.82) is 0 Å². The van der Waals surface area contributed by atoms with Gasteiger partial charge in [-0.05, 0) is 57.5 Å². The van der Waals surface area contributed by atoms with E-state index in [0.29, 0.717) is 11.1 Å². The Hall–Kier alpha value is -3.00. The van der Waals surface area contributed by atoms with Gasteiger partial charge in [-0.25, -0.2) is 8.42 Å². The molecule has 3 aromatic rings. The Morgan fingerprint density at radius 2 is 1.82 bits per heavy atom. The predicted molar refractivity (Wildman–Crippen MR) is 106 cm³/mol. The zero-order valence-corrected chi connectivity index (χ0v) is 16.9. The number of nitrogens with zero attached hydrogens (tertiary/aromatic N) is 2. The molecule has 1 amide bonds. The van der Waals surface area contributed by atoms with Crippen LogP contribution in [0.1, 0.15) is 35.3 Å². The Labute approximate surface area is 163 Å². The molecule has 0 aliphatic carbocycles. The number of hydrogen-bond donors (Lipinski definition) is 1. The highest BCUT2D eigenvalue weighted by atomic mass is 32.2. The summed E-state index contributed by atoms with van der Waals surface area (Å²) in [5.74, 6) is -0.232. The van der Waals surface area contributed by atoms with Crippen molar-refractivity contribution in [3.05, 3.63) is 59.2 Å². The van der Waals surface area contributed by atoms with E-state index in [9.17, 15) is 13.2 Å². The van der Waals surface area contributed by atoms with Crippen LogP contribution >= 0.6 is 0 Å². The molecule has 0 aliphatic rings. The number of carbonyl (C=O) groups excluding carboxylic acids is 1. The Kier molecular flexibility index (Phi) is 5.33. The summed E-state index contributed by atoms with van der Waals surface area (Å²) in [5, 5.41) is 9.79. The lowest BCUT2D eigenvalue weighted by Crippen LogP contribution is -2.14. The number of rotatable bonds is 5. The minimum absolute atomic E-state index is 0.0574. The van der Waals surface area contributed by atoms with Crippen molar-refractivity contribution < 1.29 is 17.6 Å². The molecule has 0 radical (unpaired) electrons. The zero-order chi connectivity index (χ0) is 20.5. The monoisotopic (exact) mass is 399 g/mol. The Morgan fingerprint density at radius 3 is 2.54 bits per heavy atom. The first-order valence-electron chi connectivity index (χ1n) is 8.75. The van der Waals surface area contributed by atoms with Crippen molar-refractivity contribution in [2.75, 3.05) is 5.32 Å². The Bertz CT molecular complexity index is 1130. The van der Waals surface area contributed by atoms with Gasteiger partial charge in [0.05, 0.1) is 10.1 Å². The molecule has 0 fully saturated rings. The van der Waals surface area contributed by atoms with Crippen molar-refractivity contribution in [2.45, 2.75) is 37.8 Å². The number of hydrogen-bond acceptors (Lipinski definition) is 6. The van der Waals surface area contributed by atoms with Crippen LogP contribution in [0.25, 0.3) is 11.5 Å². The van der Waals surface area contributed by atoms with Gasteiger partial charge in [0.1, 0.15) is 0 Å². The molecular formula is C20H21N3O4S. The average molecular weight is 399 g/mol. The highest BCUT2D eigenvalue weighted by Crippen LogP contribution is 2.25. The molecule has 0 saturated carbocycles. The van der Waals surface area contributed by atoms with Gasteiger partial charge in [-0.3, -0.25) is 10.1 Å². The number of sulfone groups is 1. The molecule has 1 N–H and O–H groups in total. The van der Waals surface area contributed by atoms with Gasteiger partial charge in [0, 0.05) is 11.1 Å². The van der Waals surface area contributed by atoms with Gasteiger partial charge in [0.2, 0.25) is 5.89 Å². The van der Waals surface area contributed by atoms with E-state index >= 15 is 0 Å². The molecule has 0 aliphatic heterocycles. The maximum Gasteiger partial charge on any atom is 0.322 e. The molecule has 1 heterocycles. The van der Waals surface area contributed by atoms with Crippen LogP contribution in [0, 0.1) is 13.8 Å². The fourth-order valence-electron chi connectivity index (χ4n) is 2.61. The van der Waals surface area contributed by atoms with E-state index < -0.39 is 15.1 Å². The summed E-state index contributed by atoms with van der Waals surface area (Å²) < 4.78 is 30.2. The van der Waals surface area contributed by atoms with Gasteiger partial charge in [-0.15, -0.1) is 5.10 Å². The molecule has 1 aromatic heterocycles. The van der Waals surface area contributed by atoms with E-state index in [1.54, 1.807) is 32.0 Å². The fourth-order valence-corrected chi connectivity index (χ4v) is 3.72. The molecule has 0 atom stereocenters. The van der Waals surface area contributed by atoms with E-state index in [4.69, 9.17) is 4.42 Å². The summed E-state index contributed by atoms with van der Waals surface area (Å²) in [6.07, 6.45) is 0. The van der Waals surface area contributed by atoms with Crippen LogP contribution in [0.3, 0.4) is 0 Å². The van der Waals surface area contributed by atoms with Crippen LogP contribution in [0.15, 0.2) is 51.8 Å². The lowest BCUT2D eigenvalue weighted by atomic mass is 10.1. The first kappa shape index (κ1) is 19.8. The maximum atomic E-state index is 12.5. The summed E-state index contributed by atoms with van der Waals surface area (Å²) in [4.78, 5) is 12.7. The number of aryl methyl sites for hydroxylation is 2. The first-order chi connectivity index (χ1) is 13.2. The second-order valence-corrected chi connectivity index (χ2v) is 9.31. The highest BCUT2D eigenvalue weighted by Gasteiger charge is 2.21. The van der Waals surface area contributed by atoms with Gasteiger partial charge in [-0.2, -0.15) is 0 Å². The number of aromatic nitrogens is 2. The van der Waals surface area contributed by atoms with Crippen molar-refractivity contribution in [3.63, 3.8) is 0 Å². The van der Waals surface area contributed by atoms with Gasteiger partial charge in [-0.1, -0.05) is 28.9 Å². The smallest absolute Gasteiger partial charge is 0.322 e. The summed E-state index contributed by atoms with van der Waals surface area (Å²) in [6.45, 7) is 6.98. The molecule has 3 rings (SSSR count). The van der Waals surface area contributed by atoms with E-state index in [1.165, 1.54) is 12.1 Å². The van der Waals surface area contributed by atoms with Crippen molar-refractivity contribution >= 4 is 21.8 Å². The van der Waals surface area contributed by atoms with Crippen molar-refractivity contribution in [1.82, 2.24) is 10.2 Å². The Morgan fingerprint density at radius 1 is 1.07 bits per heavy atom. The maximum absolute atomic E-state index is 12.5. The van der Waals surface area contributed by atoms with Crippen molar-refractivity contribution in [2.24, 2.45) is 0 Å². The van der Waals surface area contributed by atoms with Crippen LogP contribution in [0.2, 0.25) is 0 Å². The second kappa shape index (κ2) is 7.55. The molecule has 0 spiro atoms. The van der Waals surface area contributed by atoms with Crippen LogP contribution in [0.4, 0.5) is 6.01 Å². The van der Waals surface area contributed by atoms with Crippen LogP contribution in [-0.4, -0.2) is 29.8 Å². The van der Waals surface area contributed by atoms with Gasteiger partial charge >= 0.3 is 6.01 Å². The van der Waals surface area contributed by atoms with Crippen LogP contribution in [0.5, 0.6) is 0 Å². The summed E-state index contributed by atoms with van der Waals surface area (Å²) in [6, 6.07) is 11.8. The van der Waals surface area contributed by atoms with Gasteiger partial charge in [0.25, 0.3) is 5.91 Å². The average Bonchev–Trinajstić information content (AvgIpc) is 3.12. The lowest BCUT2D eigenvalue weighted by Gasteiger charge is -2.08. The molecule has 146 valence electrons. The fraction of sp³-hybridized carbons (Fsp3) is 0.250. The van der Waals surface area contributed by atoms with Crippen LogP contribution in [-0.2, 0) is 9.84 Å². The van der Waals surface area contributed by atoms with Gasteiger partial charge < -0.3 is 4.42 Å². The number of anilines is 1. The van der Waals surface area contributed by atoms with E-state index in [2.05, 4.69) is 15.5 Å². The molecule has 7 nitrogen and oxygen atoms in total. The quantitative estimate of drug-likeness (QED) is 0.700. The number of nitrogens with one attached hydrogen (secondary N) is 1. The predicted octanol–water partition coefficient (Wildman–Crippen LogP) is 3.79. The SMILES string of the molecule is Cc1ccc(C)c(C(=O)Nc2nnc(-c3cccc(S(=O)(=O)C(C)C)c3)o2)c1. The van der Waals surface area contributed by atoms with E-state index in [1.807, 2.05) is 26.0 Å². The van der Waals surface area contributed by atoms with E-state index in [0.717, 1.165) is 11.1 Å². The van der Waals surface area contributed by atoms with Crippen LogP contribution < -0.4 is 5.32 Å². The molecule has 28 heavy (non-hydrogen) atoms. The van der Waals surface area contributed by atoms with Gasteiger partial charge in [0.15, 0.2) is 9.84 Å². The minimum atomic E-state index is -3.42. The number of amides is 1. The Balaban J connectivity index is 1.85. The standard InChI is InChI=1S/C20H21N3O4S/c1-12(2)28(25,26)16-7-5-6-15(11-16)19-22-23-20(27-19)21-18(24)17-10-13(3)8-9-14(17)4/h5-12H,1-4H3,(H,21,23,24). The molecule has 0 bridgehead atoms. The molecule has 0 unspecified atom stereocenters. The third kappa shape index (κ3) is 3.96. The highest BCUT2D eigenvalue weighted by molar-refractivity contribution is 7.92. The topological polar surface area (TPSA) is 102 Å².